The molecule has 4 heteroatoms. The van der Waals surface area contributed by atoms with Crippen LogP contribution in [-0.4, -0.2) is 18.9 Å². The van der Waals surface area contributed by atoms with Crippen LogP contribution >= 0.6 is 0 Å². The smallest absolute Gasteiger partial charge is 0.162 e. The van der Waals surface area contributed by atoms with E-state index in [1.54, 1.807) is 18.2 Å². The Morgan fingerprint density at radius 2 is 2.29 bits per heavy atom. The summed E-state index contributed by atoms with van der Waals surface area (Å²) in [5.41, 5.74) is 6.19. The summed E-state index contributed by atoms with van der Waals surface area (Å²) in [4.78, 5) is 0. The van der Waals surface area contributed by atoms with Crippen molar-refractivity contribution >= 4 is 0 Å². The number of phenolic OH excluding ortho intramolecular Hbond substituents is 1. The van der Waals surface area contributed by atoms with Crippen LogP contribution in [0.25, 0.3) is 0 Å². The summed E-state index contributed by atoms with van der Waals surface area (Å²) >= 11 is 0. The van der Waals surface area contributed by atoms with Gasteiger partial charge in [0.25, 0.3) is 0 Å². The van der Waals surface area contributed by atoms with Gasteiger partial charge in [0.1, 0.15) is 0 Å². The SMILES string of the molecule is COc1cccc([C@@H](N)CCF)c1O. The second-order valence-corrected chi connectivity index (χ2v) is 2.98. The molecule has 78 valence electrons. The number of ether oxygens (including phenoxy) is 1. The number of aromatic hydroxyl groups is 1. The number of benzene rings is 1. The van der Waals surface area contributed by atoms with Gasteiger partial charge in [-0.05, 0) is 12.5 Å². The highest BCUT2D eigenvalue weighted by Gasteiger charge is 2.13. The van der Waals surface area contributed by atoms with Crippen molar-refractivity contribution < 1.29 is 14.2 Å². The standard InChI is InChI=1S/C10H14FNO2/c1-14-9-4-2-3-7(10(9)13)8(12)5-6-11/h2-4,8,13H,5-6,12H2,1H3/t8-/m0/s1. The number of halogens is 1. The van der Waals surface area contributed by atoms with E-state index in [2.05, 4.69) is 0 Å². The maximum Gasteiger partial charge on any atom is 0.162 e. The van der Waals surface area contributed by atoms with Gasteiger partial charge in [0.15, 0.2) is 11.5 Å². The summed E-state index contributed by atoms with van der Waals surface area (Å²) < 4.78 is 17.0. The molecule has 0 spiro atoms. The van der Waals surface area contributed by atoms with Crippen LogP contribution in [0.4, 0.5) is 4.39 Å². The van der Waals surface area contributed by atoms with E-state index in [1.807, 2.05) is 0 Å². The lowest BCUT2D eigenvalue weighted by Gasteiger charge is -2.13. The molecule has 0 aliphatic rings. The van der Waals surface area contributed by atoms with Gasteiger partial charge in [-0.15, -0.1) is 0 Å². The van der Waals surface area contributed by atoms with Crippen molar-refractivity contribution in [3.05, 3.63) is 23.8 Å². The first kappa shape index (κ1) is 10.8. The largest absolute Gasteiger partial charge is 0.504 e. The van der Waals surface area contributed by atoms with Crippen LogP contribution in [0, 0.1) is 0 Å². The molecular weight excluding hydrogens is 185 g/mol. The number of alkyl halides is 1. The summed E-state index contributed by atoms with van der Waals surface area (Å²) in [5, 5.41) is 9.66. The number of hydrogen-bond donors (Lipinski definition) is 2. The van der Waals surface area contributed by atoms with Gasteiger partial charge in [-0.1, -0.05) is 12.1 Å². The van der Waals surface area contributed by atoms with Gasteiger partial charge >= 0.3 is 0 Å². The van der Waals surface area contributed by atoms with E-state index in [4.69, 9.17) is 10.5 Å². The van der Waals surface area contributed by atoms with E-state index >= 15 is 0 Å². The third kappa shape index (κ3) is 2.14. The van der Waals surface area contributed by atoms with Crippen LogP contribution in [0.3, 0.4) is 0 Å². The average Bonchev–Trinajstić information content (AvgIpc) is 2.18. The fourth-order valence-corrected chi connectivity index (χ4v) is 1.28. The van der Waals surface area contributed by atoms with E-state index in [0.717, 1.165) is 0 Å². The molecule has 1 rings (SSSR count). The molecule has 1 aromatic rings. The second kappa shape index (κ2) is 4.81. The minimum atomic E-state index is -0.502. The van der Waals surface area contributed by atoms with E-state index in [-0.39, 0.29) is 12.2 Å². The average molecular weight is 199 g/mol. The number of hydrogen-bond acceptors (Lipinski definition) is 3. The summed E-state index contributed by atoms with van der Waals surface area (Å²) in [6, 6.07) is 4.51. The molecule has 0 aliphatic carbocycles. The topological polar surface area (TPSA) is 55.5 Å². The van der Waals surface area contributed by atoms with Gasteiger partial charge in [-0.2, -0.15) is 0 Å². The van der Waals surface area contributed by atoms with Crippen molar-refractivity contribution in [2.75, 3.05) is 13.8 Å². The van der Waals surface area contributed by atoms with E-state index in [0.29, 0.717) is 11.3 Å². The monoisotopic (exact) mass is 199 g/mol. The Kier molecular flexibility index (Phi) is 3.71. The van der Waals surface area contributed by atoms with Crippen LogP contribution in [0.5, 0.6) is 11.5 Å². The third-order valence-electron chi connectivity index (χ3n) is 2.07. The van der Waals surface area contributed by atoms with Crippen molar-refractivity contribution in [1.82, 2.24) is 0 Å². The molecular formula is C10H14FNO2. The van der Waals surface area contributed by atoms with Gasteiger partial charge < -0.3 is 15.6 Å². The fourth-order valence-electron chi connectivity index (χ4n) is 1.28. The molecule has 0 fully saturated rings. The van der Waals surface area contributed by atoms with Crippen LogP contribution in [0.15, 0.2) is 18.2 Å². The van der Waals surface area contributed by atoms with Gasteiger partial charge in [-0.3, -0.25) is 4.39 Å². The lowest BCUT2D eigenvalue weighted by Crippen LogP contribution is -2.11. The lowest BCUT2D eigenvalue weighted by atomic mass is 10.0. The third-order valence-corrected chi connectivity index (χ3v) is 2.07. The van der Waals surface area contributed by atoms with Crippen LogP contribution in [0.1, 0.15) is 18.0 Å². The Morgan fingerprint density at radius 1 is 1.57 bits per heavy atom. The second-order valence-electron chi connectivity index (χ2n) is 2.98. The Morgan fingerprint density at radius 3 is 2.86 bits per heavy atom. The first-order valence-electron chi connectivity index (χ1n) is 4.38. The molecule has 0 heterocycles. The summed E-state index contributed by atoms with van der Waals surface area (Å²) in [5.74, 6) is 0.354. The van der Waals surface area contributed by atoms with E-state index in [1.165, 1.54) is 7.11 Å². The predicted molar refractivity (Wildman–Crippen MR) is 52.2 cm³/mol. The van der Waals surface area contributed by atoms with Crippen molar-refractivity contribution in [2.24, 2.45) is 5.73 Å². The van der Waals surface area contributed by atoms with Crippen LogP contribution in [-0.2, 0) is 0 Å². The molecule has 0 aliphatic heterocycles. The normalized spacial score (nSPS) is 12.5. The Labute approximate surface area is 82.3 Å². The summed E-state index contributed by atoms with van der Waals surface area (Å²) in [7, 11) is 1.46. The first-order chi connectivity index (χ1) is 6.70. The fraction of sp³-hybridized carbons (Fsp3) is 0.400. The zero-order chi connectivity index (χ0) is 10.6. The maximum atomic E-state index is 12.1. The number of para-hydroxylation sites is 1. The summed E-state index contributed by atoms with van der Waals surface area (Å²) in [6.45, 7) is -0.502. The molecule has 1 aromatic carbocycles. The zero-order valence-corrected chi connectivity index (χ0v) is 8.03. The van der Waals surface area contributed by atoms with Gasteiger partial charge in [0.2, 0.25) is 0 Å². The number of methoxy groups -OCH3 is 1. The molecule has 14 heavy (non-hydrogen) atoms. The van der Waals surface area contributed by atoms with Gasteiger partial charge in [0.05, 0.1) is 13.8 Å². The van der Waals surface area contributed by atoms with E-state index in [9.17, 15) is 9.50 Å². The molecule has 0 bridgehead atoms. The highest BCUT2D eigenvalue weighted by atomic mass is 19.1. The van der Waals surface area contributed by atoms with Crippen LogP contribution < -0.4 is 10.5 Å². The first-order valence-corrected chi connectivity index (χ1v) is 4.38. The van der Waals surface area contributed by atoms with Gasteiger partial charge in [-0.25, -0.2) is 0 Å². The van der Waals surface area contributed by atoms with Crippen molar-refractivity contribution in [3.8, 4) is 11.5 Å². The maximum absolute atomic E-state index is 12.1. The van der Waals surface area contributed by atoms with Crippen molar-refractivity contribution in [3.63, 3.8) is 0 Å². The molecule has 1 atom stereocenters. The van der Waals surface area contributed by atoms with E-state index < -0.39 is 12.7 Å². The Balaban J connectivity index is 2.96. The molecule has 3 N–H and O–H groups in total. The lowest BCUT2D eigenvalue weighted by molar-refractivity contribution is 0.365. The summed E-state index contributed by atoms with van der Waals surface area (Å²) in [6.07, 6.45) is 0.195. The molecule has 0 saturated heterocycles. The number of phenols is 1. The molecule has 0 radical (unpaired) electrons. The van der Waals surface area contributed by atoms with Crippen molar-refractivity contribution in [1.29, 1.82) is 0 Å². The minimum absolute atomic E-state index is 0.00375. The number of nitrogens with two attached hydrogens (primary N) is 1. The Bertz CT molecular complexity index is 304. The molecule has 0 aromatic heterocycles. The molecule has 0 saturated carbocycles. The quantitative estimate of drug-likeness (QED) is 0.776. The van der Waals surface area contributed by atoms with Crippen LogP contribution in [0.2, 0.25) is 0 Å². The van der Waals surface area contributed by atoms with Crippen molar-refractivity contribution in [2.45, 2.75) is 12.5 Å². The Hall–Kier alpha value is -1.29. The highest BCUT2D eigenvalue weighted by Crippen LogP contribution is 2.33. The minimum Gasteiger partial charge on any atom is -0.504 e. The number of rotatable bonds is 4. The highest BCUT2D eigenvalue weighted by molar-refractivity contribution is 5.46. The predicted octanol–water partition coefficient (Wildman–Crippen LogP) is 1.76. The molecule has 0 unspecified atom stereocenters. The van der Waals surface area contributed by atoms with Gasteiger partial charge in [0, 0.05) is 11.6 Å². The zero-order valence-electron chi connectivity index (χ0n) is 8.03. The molecule has 0 amide bonds. The molecule has 3 nitrogen and oxygen atoms in total.